The summed E-state index contributed by atoms with van der Waals surface area (Å²) < 4.78 is 0. The third-order valence-corrected chi connectivity index (χ3v) is 2.13. The van der Waals surface area contributed by atoms with E-state index in [-0.39, 0.29) is 18.3 Å². The zero-order chi connectivity index (χ0) is 12.1. The number of carbonyl (C=O) groups is 1. The summed E-state index contributed by atoms with van der Waals surface area (Å²) >= 11 is 0. The highest BCUT2D eigenvalue weighted by atomic mass is 16.4. The minimum atomic E-state index is -1.10. The van der Waals surface area contributed by atoms with Crippen LogP contribution in [0.4, 0.5) is 5.82 Å². The van der Waals surface area contributed by atoms with Crippen molar-refractivity contribution < 1.29 is 15.0 Å². The van der Waals surface area contributed by atoms with E-state index in [1.807, 2.05) is 18.7 Å². The zero-order valence-electron chi connectivity index (χ0n) is 9.29. The van der Waals surface area contributed by atoms with E-state index >= 15 is 0 Å². The predicted molar refractivity (Wildman–Crippen MR) is 58.6 cm³/mol. The average molecular weight is 225 g/mol. The number of aromatic nitrogens is 2. The Bertz CT molecular complexity index is 351. The van der Waals surface area contributed by atoms with Gasteiger partial charge in [-0.05, 0) is 26.0 Å². The summed E-state index contributed by atoms with van der Waals surface area (Å²) in [5.74, 6) is -0.536. The molecule has 88 valence electrons. The van der Waals surface area contributed by atoms with Crippen LogP contribution in [0.5, 0.6) is 0 Å². The van der Waals surface area contributed by atoms with Crippen LogP contribution in [-0.4, -0.2) is 45.6 Å². The molecule has 0 atom stereocenters. The Balaban J connectivity index is 2.89. The van der Waals surface area contributed by atoms with Crippen LogP contribution in [0.2, 0.25) is 0 Å². The van der Waals surface area contributed by atoms with Crippen molar-refractivity contribution in [3.63, 3.8) is 0 Å². The first-order valence-corrected chi connectivity index (χ1v) is 5.00. The number of aliphatic hydroxyl groups excluding tert-OH is 1. The molecule has 16 heavy (non-hydrogen) atoms. The molecule has 1 aromatic rings. The second-order valence-corrected chi connectivity index (χ2v) is 3.59. The Kier molecular flexibility index (Phi) is 4.19. The smallest absolute Gasteiger partial charge is 0.356 e. The number of hydrogen-bond donors (Lipinski definition) is 2. The molecule has 0 spiro atoms. The second kappa shape index (κ2) is 5.41. The van der Waals surface area contributed by atoms with E-state index in [0.29, 0.717) is 12.4 Å². The molecular weight excluding hydrogens is 210 g/mol. The van der Waals surface area contributed by atoms with Crippen LogP contribution in [0.1, 0.15) is 24.3 Å². The number of nitrogens with zero attached hydrogens (tertiary/aromatic N) is 3. The molecule has 0 amide bonds. The quantitative estimate of drug-likeness (QED) is 0.753. The van der Waals surface area contributed by atoms with Gasteiger partial charge in [-0.15, -0.1) is 10.2 Å². The largest absolute Gasteiger partial charge is 0.476 e. The minimum absolute atomic E-state index is 0.0144. The van der Waals surface area contributed by atoms with Crippen LogP contribution in [0.15, 0.2) is 12.1 Å². The molecule has 0 radical (unpaired) electrons. The maximum Gasteiger partial charge on any atom is 0.356 e. The van der Waals surface area contributed by atoms with E-state index < -0.39 is 5.97 Å². The number of rotatable bonds is 5. The van der Waals surface area contributed by atoms with Gasteiger partial charge in [-0.3, -0.25) is 0 Å². The summed E-state index contributed by atoms with van der Waals surface area (Å²) in [5, 5.41) is 25.0. The second-order valence-electron chi connectivity index (χ2n) is 3.59. The van der Waals surface area contributed by atoms with E-state index in [0.717, 1.165) is 0 Å². The lowest BCUT2D eigenvalue weighted by Gasteiger charge is -2.26. The van der Waals surface area contributed by atoms with Gasteiger partial charge in [0.15, 0.2) is 11.5 Å². The minimum Gasteiger partial charge on any atom is -0.476 e. The first-order chi connectivity index (χ1) is 7.56. The summed E-state index contributed by atoms with van der Waals surface area (Å²) in [4.78, 5) is 12.4. The van der Waals surface area contributed by atoms with E-state index in [9.17, 15) is 4.79 Å². The Morgan fingerprint density at radius 3 is 2.50 bits per heavy atom. The van der Waals surface area contributed by atoms with Crippen LogP contribution in [-0.2, 0) is 0 Å². The number of hydrogen-bond acceptors (Lipinski definition) is 5. The molecule has 0 aliphatic carbocycles. The Hall–Kier alpha value is -1.69. The zero-order valence-corrected chi connectivity index (χ0v) is 9.29. The Labute approximate surface area is 93.5 Å². The van der Waals surface area contributed by atoms with E-state index in [1.54, 1.807) is 6.07 Å². The first kappa shape index (κ1) is 12.4. The van der Waals surface area contributed by atoms with Crippen molar-refractivity contribution in [1.82, 2.24) is 10.2 Å². The Morgan fingerprint density at radius 1 is 1.44 bits per heavy atom. The van der Waals surface area contributed by atoms with Gasteiger partial charge in [-0.2, -0.15) is 0 Å². The number of aliphatic hydroxyl groups is 1. The van der Waals surface area contributed by atoms with Crippen molar-refractivity contribution in [3.8, 4) is 0 Å². The van der Waals surface area contributed by atoms with Crippen molar-refractivity contribution in [2.75, 3.05) is 18.1 Å². The number of anilines is 1. The van der Waals surface area contributed by atoms with Crippen molar-refractivity contribution in [3.05, 3.63) is 17.8 Å². The molecule has 0 saturated heterocycles. The summed E-state index contributed by atoms with van der Waals surface area (Å²) in [5.41, 5.74) is -0.0866. The first-order valence-electron chi connectivity index (χ1n) is 5.00. The van der Waals surface area contributed by atoms with Crippen molar-refractivity contribution in [1.29, 1.82) is 0 Å². The summed E-state index contributed by atoms with van der Waals surface area (Å²) in [7, 11) is 0. The molecule has 0 unspecified atom stereocenters. The predicted octanol–water partition coefficient (Wildman–Crippen LogP) is 0.382. The van der Waals surface area contributed by atoms with Gasteiger partial charge in [0, 0.05) is 12.6 Å². The average Bonchev–Trinajstić information content (AvgIpc) is 2.25. The summed E-state index contributed by atoms with van der Waals surface area (Å²) in [6, 6.07) is 3.15. The molecule has 0 fully saturated rings. The molecule has 2 N–H and O–H groups in total. The van der Waals surface area contributed by atoms with E-state index in [1.165, 1.54) is 6.07 Å². The maximum atomic E-state index is 10.6. The van der Waals surface area contributed by atoms with Gasteiger partial charge in [0.1, 0.15) is 0 Å². The molecule has 0 aliphatic rings. The molecule has 1 rings (SSSR count). The third-order valence-electron chi connectivity index (χ3n) is 2.13. The summed E-state index contributed by atoms with van der Waals surface area (Å²) in [6.07, 6.45) is 0. The van der Waals surface area contributed by atoms with Gasteiger partial charge < -0.3 is 15.1 Å². The fraction of sp³-hybridized carbons (Fsp3) is 0.500. The normalized spacial score (nSPS) is 10.5. The molecule has 0 aromatic carbocycles. The van der Waals surface area contributed by atoms with E-state index in [4.69, 9.17) is 10.2 Å². The van der Waals surface area contributed by atoms with Gasteiger partial charge in [0.25, 0.3) is 0 Å². The molecular formula is C10H15N3O3. The number of carboxylic acids is 1. The SMILES string of the molecule is CC(C)N(CCO)c1ccc(C(=O)O)nn1. The molecule has 0 aliphatic heterocycles. The lowest BCUT2D eigenvalue weighted by atomic mass is 10.3. The standard InChI is InChI=1S/C10H15N3O3/c1-7(2)13(5-6-14)9-4-3-8(10(15)16)11-12-9/h3-4,7,14H,5-6H2,1-2H3,(H,15,16). The van der Waals surface area contributed by atoms with Gasteiger partial charge in [0.2, 0.25) is 0 Å². The van der Waals surface area contributed by atoms with Crippen molar-refractivity contribution in [2.24, 2.45) is 0 Å². The monoisotopic (exact) mass is 225 g/mol. The van der Waals surface area contributed by atoms with Crippen LogP contribution in [0, 0.1) is 0 Å². The topological polar surface area (TPSA) is 86.5 Å². The molecule has 6 nitrogen and oxygen atoms in total. The highest BCUT2D eigenvalue weighted by Crippen LogP contribution is 2.12. The molecule has 0 saturated carbocycles. The molecule has 6 heteroatoms. The van der Waals surface area contributed by atoms with Gasteiger partial charge in [-0.1, -0.05) is 0 Å². The molecule has 1 heterocycles. The lowest BCUT2D eigenvalue weighted by Crippen LogP contribution is -2.34. The van der Waals surface area contributed by atoms with Gasteiger partial charge in [-0.25, -0.2) is 4.79 Å². The van der Waals surface area contributed by atoms with Crippen molar-refractivity contribution in [2.45, 2.75) is 19.9 Å². The van der Waals surface area contributed by atoms with Crippen molar-refractivity contribution >= 4 is 11.8 Å². The number of aromatic carboxylic acids is 1. The number of carboxylic acid groups (broad SMARTS) is 1. The fourth-order valence-corrected chi connectivity index (χ4v) is 1.34. The summed E-state index contributed by atoms with van der Waals surface area (Å²) in [6.45, 7) is 4.38. The van der Waals surface area contributed by atoms with Crippen LogP contribution in [0.25, 0.3) is 0 Å². The highest BCUT2D eigenvalue weighted by Gasteiger charge is 2.13. The maximum absolute atomic E-state index is 10.6. The van der Waals surface area contributed by atoms with Crippen LogP contribution >= 0.6 is 0 Å². The lowest BCUT2D eigenvalue weighted by molar-refractivity contribution is 0.0689. The molecule has 1 aromatic heterocycles. The van der Waals surface area contributed by atoms with Gasteiger partial charge in [0.05, 0.1) is 6.61 Å². The Morgan fingerprint density at radius 2 is 2.12 bits per heavy atom. The fourth-order valence-electron chi connectivity index (χ4n) is 1.34. The van der Waals surface area contributed by atoms with Crippen LogP contribution < -0.4 is 4.90 Å². The van der Waals surface area contributed by atoms with Crippen LogP contribution in [0.3, 0.4) is 0 Å². The van der Waals surface area contributed by atoms with E-state index in [2.05, 4.69) is 10.2 Å². The highest BCUT2D eigenvalue weighted by molar-refractivity contribution is 5.85. The third kappa shape index (κ3) is 2.90. The van der Waals surface area contributed by atoms with Gasteiger partial charge >= 0.3 is 5.97 Å². The molecule has 0 bridgehead atoms.